The largest absolute Gasteiger partial charge is 0.304 e. The molecule has 0 bridgehead atoms. The second-order valence-corrected chi connectivity index (χ2v) is 7.41. The van der Waals surface area contributed by atoms with E-state index in [1.807, 2.05) is 23.1 Å². The molecule has 2 rings (SSSR count). The van der Waals surface area contributed by atoms with E-state index in [-0.39, 0.29) is 0 Å². The summed E-state index contributed by atoms with van der Waals surface area (Å²) in [7, 11) is 2.21. The van der Waals surface area contributed by atoms with Crippen molar-refractivity contribution in [3.63, 3.8) is 0 Å². The van der Waals surface area contributed by atoms with E-state index in [4.69, 9.17) is 0 Å². The summed E-state index contributed by atoms with van der Waals surface area (Å²) in [4.78, 5) is 11.1. The molecule has 1 aromatic heterocycles. The van der Waals surface area contributed by atoms with Crippen molar-refractivity contribution in [3.8, 4) is 0 Å². The second-order valence-electron chi connectivity index (χ2n) is 4.82. The zero-order valence-corrected chi connectivity index (χ0v) is 13.2. The molecule has 0 unspecified atom stereocenters. The van der Waals surface area contributed by atoms with Crippen molar-refractivity contribution in [3.05, 3.63) is 10.6 Å². The maximum atomic E-state index is 4.63. The molecule has 0 aromatic carbocycles. The summed E-state index contributed by atoms with van der Waals surface area (Å²) in [6.07, 6.45) is 1.16. The van der Waals surface area contributed by atoms with Crippen LogP contribution in [0.15, 0.2) is 4.34 Å². The van der Waals surface area contributed by atoms with Crippen molar-refractivity contribution in [2.24, 2.45) is 0 Å². The highest BCUT2D eigenvalue weighted by molar-refractivity contribution is 8.01. The van der Waals surface area contributed by atoms with Crippen molar-refractivity contribution in [1.29, 1.82) is 0 Å². The Morgan fingerprint density at radius 2 is 2.00 bits per heavy atom. The number of likely N-dealkylation sites (N-methyl/N-ethyl adjacent to an activating group) is 1. The molecule has 1 aliphatic rings. The molecule has 0 aliphatic carbocycles. The molecular weight excluding hydrogens is 262 g/mol. The number of thiazole rings is 1. The van der Waals surface area contributed by atoms with Gasteiger partial charge in [-0.3, -0.25) is 0 Å². The highest BCUT2D eigenvalue weighted by Gasteiger charge is 2.15. The number of hydrogen-bond donors (Lipinski definition) is 0. The first-order chi connectivity index (χ1) is 8.69. The van der Waals surface area contributed by atoms with Gasteiger partial charge in [0.2, 0.25) is 0 Å². The summed E-state index contributed by atoms with van der Waals surface area (Å²) < 4.78 is 1.24. The zero-order chi connectivity index (χ0) is 13.0. The SMILES string of the molecule is CCSc1nc(C)c(CCN2CCN(C)CC2)s1. The van der Waals surface area contributed by atoms with Crippen LogP contribution in [0.1, 0.15) is 17.5 Å². The standard InChI is InChI=1S/C13H23N3S2/c1-4-17-13-14-11(2)12(18-13)5-6-16-9-7-15(3)8-10-16/h4-10H2,1-3H3. The van der Waals surface area contributed by atoms with Crippen LogP contribution < -0.4 is 0 Å². The van der Waals surface area contributed by atoms with Gasteiger partial charge in [-0.15, -0.1) is 11.3 Å². The lowest BCUT2D eigenvalue weighted by atomic mass is 10.2. The van der Waals surface area contributed by atoms with Gasteiger partial charge in [-0.05, 0) is 26.1 Å². The van der Waals surface area contributed by atoms with Crippen LogP contribution in [-0.2, 0) is 6.42 Å². The number of nitrogens with zero attached hydrogens (tertiary/aromatic N) is 3. The molecule has 1 aromatic rings. The van der Waals surface area contributed by atoms with E-state index in [1.165, 1.54) is 47.6 Å². The summed E-state index contributed by atoms with van der Waals surface area (Å²) in [5.74, 6) is 1.12. The van der Waals surface area contributed by atoms with E-state index in [0.29, 0.717) is 0 Å². The molecule has 0 saturated carbocycles. The van der Waals surface area contributed by atoms with Crippen LogP contribution in [0.4, 0.5) is 0 Å². The highest BCUT2D eigenvalue weighted by atomic mass is 32.2. The zero-order valence-electron chi connectivity index (χ0n) is 11.6. The van der Waals surface area contributed by atoms with Gasteiger partial charge in [0, 0.05) is 37.6 Å². The van der Waals surface area contributed by atoms with Gasteiger partial charge >= 0.3 is 0 Å². The molecular formula is C13H23N3S2. The quantitative estimate of drug-likeness (QED) is 0.773. The summed E-state index contributed by atoms with van der Waals surface area (Å²) in [5, 5.41) is 0. The Labute approximate surface area is 119 Å². The molecule has 0 radical (unpaired) electrons. The molecule has 0 N–H and O–H groups in total. The van der Waals surface area contributed by atoms with E-state index in [9.17, 15) is 0 Å². The van der Waals surface area contributed by atoms with Crippen LogP contribution in [0, 0.1) is 6.92 Å². The topological polar surface area (TPSA) is 19.4 Å². The van der Waals surface area contributed by atoms with E-state index in [2.05, 4.69) is 35.7 Å². The normalized spacial score (nSPS) is 18.4. The molecule has 0 atom stereocenters. The van der Waals surface area contributed by atoms with Crippen molar-refractivity contribution in [2.75, 3.05) is 45.5 Å². The smallest absolute Gasteiger partial charge is 0.150 e. The molecule has 5 heteroatoms. The van der Waals surface area contributed by atoms with E-state index >= 15 is 0 Å². The third-order valence-electron chi connectivity index (χ3n) is 3.39. The third kappa shape index (κ3) is 3.95. The first-order valence-corrected chi connectivity index (χ1v) is 8.49. The van der Waals surface area contributed by atoms with Crippen molar-refractivity contribution in [1.82, 2.24) is 14.8 Å². The van der Waals surface area contributed by atoms with Gasteiger partial charge in [-0.2, -0.15) is 0 Å². The highest BCUT2D eigenvalue weighted by Crippen LogP contribution is 2.27. The fourth-order valence-corrected chi connectivity index (χ4v) is 4.27. The molecule has 2 heterocycles. The predicted molar refractivity (Wildman–Crippen MR) is 80.9 cm³/mol. The van der Waals surface area contributed by atoms with Gasteiger partial charge in [0.05, 0.1) is 5.69 Å². The molecule has 1 saturated heterocycles. The maximum absolute atomic E-state index is 4.63. The average molecular weight is 285 g/mol. The fourth-order valence-electron chi connectivity index (χ4n) is 2.15. The molecule has 3 nitrogen and oxygen atoms in total. The molecule has 1 aliphatic heterocycles. The molecule has 1 fully saturated rings. The number of rotatable bonds is 5. The molecule has 0 spiro atoms. The number of piperazine rings is 1. The molecule has 102 valence electrons. The van der Waals surface area contributed by atoms with E-state index in [0.717, 1.165) is 12.2 Å². The lowest BCUT2D eigenvalue weighted by molar-refractivity contribution is 0.155. The van der Waals surface area contributed by atoms with Crippen molar-refractivity contribution < 1.29 is 0 Å². The second kappa shape index (κ2) is 6.89. The summed E-state index contributed by atoms with van der Waals surface area (Å²) in [6.45, 7) is 10.4. The number of aromatic nitrogens is 1. The van der Waals surface area contributed by atoms with Crippen molar-refractivity contribution in [2.45, 2.75) is 24.6 Å². The first kappa shape index (κ1) is 14.3. The number of hydrogen-bond acceptors (Lipinski definition) is 5. The van der Waals surface area contributed by atoms with Crippen LogP contribution in [0.25, 0.3) is 0 Å². The number of thioether (sulfide) groups is 1. The van der Waals surface area contributed by atoms with Gasteiger partial charge < -0.3 is 9.80 Å². The minimum absolute atomic E-state index is 1.12. The lowest BCUT2D eigenvalue weighted by Gasteiger charge is -2.32. The van der Waals surface area contributed by atoms with Crippen LogP contribution >= 0.6 is 23.1 Å². The predicted octanol–water partition coefficient (Wildman–Crippen LogP) is 2.35. The average Bonchev–Trinajstić information content (AvgIpc) is 2.70. The minimum Gasteiger partial charge on any atom is -0.304 e. The van der Waals surface area contributed by atoms with E-state index < -0.39 is 0 Å². The van der Waals surface area contributed by atoms with E-state index in [1.54, 1.807) is 0 Å². The number of aryl methyl sites for hydroxylation is 1. The Hall–Kier alpha value is -0.100. The minimum atomic E-state index is 1.12. The van der Waals surface area contributed by atoms with Crippen LogP contribution in [-0.4, -0.2) is 60.3 Å². The third-order valence-corrected chi connectivity index (χ3v) is 5.63. The summed E-state index contributed by atoms with van der Waals surface area (Å²) >= 11 is 3.75. The lowest BCUT2D eigenvalue weighted by Crippen LogP contribution is -2.45. The van der Waals surface area contributed by atoms with Gasteiger partial charge in [0.25, 0.3) is 0 Å². The maximum Gasteiger partial charge on any atom is 0.150 e. The molecule has 0 amide bonds. The Morgan fingerprint density at radius 1 is 1.28 bits per heavy atom. The first-order valence-electron chi connectivity index (χ1n) is 6.69. The monoisotopic (exact) mass is 285 g/mol. The fraction of sp³-hybridized carbons (Fsp3) is 0.769. The van der Waals surface area contributed by atoms with Crippen LogP contribution in [0.5, 0.6) is 0 Å². The Morgan fingerprint density at radius 3 is 2.67 bits per heavy atom. The summed E-state index contributed by atoms with van der Waals surface area (Å²) in [5.41, 5.74) is 1.24. The van der Waals surface area contributed by atoms with Gasteiger partial charge in [-0.1, -0.05) is 18.7 Å². The van der Waals surface area contributed by atoms with Crippen LogP contribution in [0.3, 0.4) is 0 Å². The van der Waals surface area contributed by atoms with Crippen LogP contribution in [0.2, 0.25) is 0 Å². The van der Waals surface area contributed by atoms with Gasteiger partial charge in [0.15, 0.2) is 0 Å². The molecule has 18 heavy (non-hydrogen) atoms. The van der Waals surface area contributed by atoms with Gasteiger partial charge in [0.1, 0.15) is 4.34 Å². The summed E-state index contributed by atoms with van der Waals surface area (Å²) in [6, 6.07) is 0. The van der Waals surface area contributed by atoms with Crippen molar-refractivity contribution >= 4 is 23.1 Å². The Bertz CT molecular complexity index is 370. The Balaban J connectivity index is 1.82. The van der Waals surface area contributed by atoms with Gasteiger partial charge in [-0.25, -0.2) is 4.98 Å². The Kier molecular flexibility index (Phi) is 5.48.